The number of furan rings is 1. The van der Waals surface area contributed by atoms with E-state index in [4.69, 9.17) is 4.42 Å². The van der Waals surface area contributed by atoms with Gasteiger partial charge in [-0.15, -0.1) is 0 Å². The highest BCUT2D eigenvalue weighted by atomic mass is 16.4. The molecule has 0 atom stereocenters. The minimum absolute atomic E-state index is 0.0671. The van der Waals surface area contributed by atoms with Crippen molar-refractivity contribution < 1.29 is 9.21 Å². The quantitative estimate of drug-likeness (QED) is 0.757. The van der Waals surface area contributed by atoms with E-state index >= 15 is 0 Å². The average Bonchev–Trinajstić information content (AvgIpc) is 2.79. The van der Waals surface area contributed by atoms with Crippen LogP contribution in [0.2, 0.25) is 0 Å². The lowest BCUT2D eigenvalue weighted by Gasteiger charge is -2.14. The van der Waals surface area contributed by atoms with Gasteiger partial charge in [-0.1, -0.05) is 6.07 Å². The first-order valence-electron chi connectivity index (χ1n) is 5.38. The standard InChI is InChI=1S/C13H14N2O2/c1-10(16)12-6-7-13(17-12)15(2)9-11-5-3-4-8-14-11/h3-8H,9H2,1-2H3. The van der Waals surface area contributed by atoms with E-state index in [0.29, 0.717) is 18.2 Å². The van der Waals surface area contributed by atoms with Crippen molar-refractivity contribution in [1.29, 1.82) is 0 Å². The molecule has 0 saturated heterocycles. The number of hydrogen-bond acceptors (Lipinski definition) is 4. The fourth-order valence-electron chi connectivity index (χ4n) is 1.53. The van der Waals surface area contributed by atoms with Crippen LogP contribution in [0.1, 0.15) is 23.2 Å². The van der Waals surface area contributed by atoms with Crippen LogP contribution in [-0.2, 0) is 6.54 Å². The number of carbonyl (C=O) groups excluding carboxylic acids is 1. The molecule has 2 rings (SSSR count). The highest BCUT2D eigenvalue weighted by Gasteiger charge is 2.10. The van der Waals surface area contributed by atoms with Crippen molar-refractivity contribution in [3.05, 3.63) is 48.0 Å². The number of Topliss-reactive ketones (excluding diaryl/α,β-unsaturated/α-hetero) is 1. The van der Waals surface area contributed by atoms with E-state index in [9.17, 15) is 4.79 Å². The van der Waals surface area contributed by atoms with Crippen molar-refractivity contribution in [2.24, 2.45) is 0 Å². The summed E-state index contributed by atoms with van der Waals surface area (Å²) in [6, 6.07) is 9.25. The Kier molecular flexibility index (Phi) is 3.23. The molecule has 17 heavy (non-hydrogen) atoms. The van der Waals surface area contributed by atoms with E-state index in [-0.39, 0.29) is 5.78 Å². The summed E-state index contributed by atoms with van der Waals surface area (Å²) in [5, 5.41) is 0. The lowest BCUT2D eigenvalue weighted by Crippen LogP contribution is -2.16. The van der Waals surface area contributed by atoms with E-state index < -0.39 is 0 Å². The smallest absolute Gasteiger partial charge is 0.196 e. The zero-order valence-electron chi connectivity index (χ0n) is 9.88. The molecule has 4 nitrogen and oxygen atoms in total. The predicted octanol–water partition coefficient (Wildman–Crippen LogP) is 2.51. The normalized spacial score (nSPS) is 10.2. The summed E-state index contributed by atoms with van der Waals surface area (Å²) < 4.78 is 5.43. The number of ketones is 1. The van der Waals surface area contributed by atoms with Crippen LogP contribution in [0.25, 0.3) is 0 Å². The molecule has 0 amide bonds. The third-order valence-corrected chi connectivity index (χ3v) is 2.44. The predicted molar refractivity (Wildman–Crippen MR) is 65.1 cm³/mol. The summed E-state index contributed by atoms with van der Waals surface area (Å²) in [7, 11) is 1.90. The molecule has 2 aromatic rings. The third kappa shape index (κ3) is 2.72. The minimum Gasteiger partial charge on any atom is -0.437 e. The maximum absolute atomic E-state index is 11.1. The van der Waals surface area contributed by atoms with Gasteiger partial charge in [0.05, 0.1) is 12.2 Å². The SMILES string of the molecule is CC(=O)c1ccc(N(C)Cc2ccccn2)o1. The number of aromatic nitrogens is 1. The molecule has 0 aliphatic rings. The van der Waals surface area contributed by atoms with Crippen LogP contribution in [0.5, 0.6) is 0 Å². The van der Waals surface area contributed by atoms with Crippen LogP contribution in [-0.4, -0.2) is 17.8 Å². The largest absolute Gasteiger partial charge is 0.437 e. The Morgan fingerprint density at radius 2 is 2.18 bits per heavy atom. The monoisotopic (exact) mass is 230 g/mol. The number of nitrogens with zero attached hydrogens (tertiary/aromatic N) is 2. The van der Waals surface area contributed by atoms with Crippen LogP contribution >= 0.6 is 0 Å². The van der Waals surface area contributed by atoms with Crippen molar-refractivity contribution >= 4 is 11.7 Å². The van der Waals surface area contributed by atoms with Crippen LogP contribution in [0.3, 0.4) is 0 Å². The van der Waals surface area contributed by atoms with Crippen LogP contribution in [0.15, 0.2) is 40.9 Å². The van der Waals surface area contributed by atoms with Gasteiger partial charge in [0.1, 0.15) is 0 Å². The molecule has 0 N–H and O–H groups in total. The molecule has 0 aliphatic heterocycles. The molecular formula is C13H14N2O2. The minimum atomic E-state index is -0.0671. The van der Waals surface area contributed by atoms with E-state index in [0.717, 1.165) is 5.69 Å². The molecule has 0 aliphatic carbocycles. The lowest BCUT2D eigenvalue weighted by molar-refractivity contribution is 0.0988. The maximum Gasteiger partial charge on any atom is 0.196 e. The van der Waals surface area contributed by atoms with Gasteiger partial charge in [-0.05, 0) is 18.2 Å². The second-order valence-corrected chi connectivity index (χ2v) is 3.87. The molecule has 2 aromatic heterocycles. The number of pyridine rings is 1. The molecule has 0 bridgehead atoms. The summed E-state index contributed by atoms with van der Waals surface area (Å²) in [6.07, 6.45) is 1.76. The molecule has 0 fully saturated rings. The Bertz CT molecular complexity index is 505. The summed E-state index contributed by atoms with van der Waals surface area (Å²) in [5.74, 6) is 0.983. The molecule has 88 valence electrons. The van der Waals surface area contributed by atoms with Gasteiger partial charge in [0.25, 0.3) is 0 Å². The van der Waals surface area contributed by atoms with Gasteiger partial charge < -0.3 is 9.32 Å². The molecule has 0 aromatic carbocycles. The molecule has 0 spiro atoms. The van der Waals surface area contributed by atoms with Crippen molar-refractivity contribution in [3.63, 3.8) is 0 Å². The second-order valence-electron chi connectivity index (χ2n) is 3.87. The van der Waals surface area contributed by atoms with Crippen LogP contribution in [0, 0.1) is 0 Å². The second kappa shape index (κ2) is 4.82. The van der Waals surface area contributed by atoms with E-state index in [1.54, 1.807) is 18.3 Å². The molecular weight excluding hydrogens is 216 g/mol. The van der Waals surface area contributed by atoms with Gasteiger partial charge >= 0.3 is 0 Å². The zero-order valence-corrected chi connectivity index (χ0v) is 9.88. The first kappa shape index (κ1) is 11.4. The Balaban J connectivity index is 2.09. The Labute approximate surface area is 99.9 Å². The van der Waals surface area contributed by atoms with E-state index in [1.807, 2.05) is 30.1 Å². The third-order valence-electron chi connectivity index (χ3n) is 2.44. The summed E-state index contributed by atoms with van der Waals surface area (Å²) in [5.41, 5.74) is 0.954. The number of rotatable bonds is 4. The highest BCUT2D eigenvalue weighted by Crippen LogP contribution is 2.18. The summed E-state index contributed by atoms with van der Waals surface area (Å²) in [6.45, 7) is 2.13. The van der Waals surface area contributed by atoms with Crippen molar-refractivity contribution in [2.45, 2.75) is 13.5 Å². The Morgan fingerprint density at radius 3 is 2.76 bits per heavy atom. The van der Waals surface area contributed by atoms with Gasteiger partial charge in [0, 0.05) is 26.2 Å². The summed E-state index contributed by atoms with van der Waals surface area (Å²) in [4.78, 5) is 17.3. The fraction of sp³-hybridized carbons (Fsp3) is 0.231. The van der Waals surface area contributed by atoms with Gasteiger partial charge in [-0.25, -0.2) is 0 Å². The molecule has 0 radical (unpaired) electrons. The first-order valence-corrected chi connectivity index (χ1v) is 5.38. The number of anilines is 1. The lowest BCUT2D eigenvalue weighted by atomic mass is 10.3. The van der Waals surface area contributed by atoms with Crippen LogP contribution in [0.4, 0.5) is 5.88 Å². The van der Waals surface area contributed by atoms with Gasteiger partial charge in [0.15, 0.2) is 17.4 Å². The Hall–Kier alpha value is -2.10. The van der Waals surface area contributed by atoms with E-state index in [1.165, 1.54) is 6.92 Å². The molecule has 0 saturated carbocycles. The van der Waals surface area contributed by atoms with Crippen molar-refractivity contribution in [3.8, 4) is 0 Å². The highest BCUT2D eigenvalue weighted by molar-refractivity contribution is 5.91. The van der Waals surface area contributed by atoms with Crippen molar-refractivity contribution in [2.75, 3.05) is 11.9 Å². The molecule has 2 heterocycles. The zero-order chi connectivity index (χ0) is 12.3. The summed E-state index contributed by atoms with van der Waals surface area (Å²) >= 11 is 0. The number of carbonyl (C=O) groups is 1. The average molecular weight is 230 g/mol. The van der Waals surface area contributed by atoms with E-state index in [2.05, 4.69) is 4.98 Å². The maximum atomic E-state index is 11.1. The fourth-order valence-corrected chi connectivity index (χ4v) is 1.53. The van der Waals surface area contributed by atoms with Crippen LogP contribution < -0.4 is 4.90 Å². The molecule has 4 heteroatoms. The number of hydrogen-bond donors (Lipinski definition) is 0. The van der Waals surface area contributed by atoms with Gasteiger partial charge in [-0.3, -0.25) is 9.78 Å². The van der Waals surface area contributed by atoms with Gasteiger partial charge in [0.2, 0.25) is 0 Å². The van der Waals surface area contributed by atoms with Gasteiger partial charge in [-0.2, -0.15) is 0 Å². The topological polar surface area (TPSA) is 46.3 Å². The van der Waals surface area contributed by atoms with Crippen molar-refractivity contribution in [1.82, 2.24) is 4.98 Å². The Morgan fingerprint density at radius 1 is 1.35 bits per heavy atom. The first-order chi connectivity index (χ1) is 8.16. The molecule has 0 unspecified atom stereocenters.